The summed E-state index contributed by atoms with van der Waals surface area (Å²) in [5.41, 5.74) is 6.66. The summed E-state index contributed by atoms with van der Waals surface area (Å²) in [5, 5.41) is 3.14. The molecule has 0 radical (unpaired) electrons. The van der Waals surface area contributed by atoms with Crippen LogP contribution >= 0.6 is 0 Å². The Bertz CT molecular complexity index is 650. The standard InChI is InChI=1S/C20H27N3O2/c21-16-11-20(12-16,15-7-2-1-3-8-15)19(25)23-10-9-17(13-23)22-18(24)14-5-4-6-14/h1-3,7-8,14,16-17H,4-6,9-13,21H2,(H,22,24). The summed E-state index contributed by atoms with van der Waals surface area (Å²) in [6, 6.07) is 10.2. The van der Waals surface area contributed by atoms with E-state index in [-0.39, 0.29) is 29.8 Å². The molecule has 1 saturated heterocycles. The summed E-state index contributed by atoms with van der Waals surface area (Å²) in [7, 11) is 0. The van der Waals surface area contributed by atoms with E-state index in [0.717, 1.165) is 37.8 Å². The van der Waals surface area contributed by atoms with Gasteiger partial charge < -0.3 is 16.0 Å². The molecule has 2 amide bonds. The van der Waals surface area contributed by atoms with Crippen LogP contribution in [0.5, 0.6) is 0 Å². The molecule has 2 saturated carbocycles. The lowest BCUT2D eigenvalue weighted by Crippen LogP contribution is -2.58. The van der Waals surface area contributed by atoms with E-state index in [9.17, 15) is 9.59 Å². The van der Waals surface area contributed by atoms with Gasteiger partial charge in [0.2, 0.25) is 11.8 Å². The summed E-state index contributed by atoms with van der Waals surface area (Å²) in [6.07, 6.45) is 5.46. The van der Waals surface area contributed by atoms with Crippen molar-refractivity contribution >= 4 is 11.8 Å². The van der Waals surface area contributed by atoms with Gasteiger partial charge in [0.1, 0.15) is 0 Å². The molecule has 25 heavy (non-hydrogen) atoms. The van der Waals surface area contributed by atoms with Gasteiger partial charge in [-0.2, -0.15) is 0 Å². The molecule has 1 atom stereocenters. The van der Waals surface area contributed by atoms with Gasteiger partial charge in [-0.25, -0.2) is 0 Å². The predicted octanol–water partition coefficient (Wildman–Crippen LogP) is 1.56. The fraction of sp³-hybridized carbons (Fsp3) is 0.600. The Labute approximate surface area is 148 Å². The first-order valence-electron chi connectivity index (χ1n) is 9.49. The largest absolute Gasteiger partial charge is 0.351 e. The third-order valence-electron chi connectivity index (χ3n) is 6.25. The number of hydrogen-bond acceptors (Lipinski definition) is 3. The first-order valence-corrected chi connectivity index (χ1v) is 9.49. The summed E-state index contributed by atoms with van der Waals surface area (Å²) in [6.45, 7) is 1.35. The van der Waals surface area contributed by atoms with Crippen LogP contribution in [0.2, 0.25) is 0 Å². The van der Waals surface area contributed by atoms with Gasteiger partial charge in [0.15, 0.2) is 0 Å². The van der Waals surface area contributed by atoms with E-state index in [1.807, 2.05) is 35.2 Å². The Balaban J connectivity index is 1.42. The lowest BCUT2D eigenvalue weighted by molar-refractivity contribution is -0.140. The highest BCUT2D eigenvalue weighted by Gasteiger charge is 2.52. The smallest absolute Gasteiger partial charge is 0.233 e. The molecule has 0 aromatic heterocycles. The molecule has 3 N–H and O–H groups in total. The second kappa shape index (κ2) is 6.45. The van der Waals surface area contributed by atoms with Crippen molar-refractivity contribution < 1.29 is 9.59 Å². The quantitative estimate of drug-likeness (QED) is 0.873. The molecule has 134 valence electrons. The Hall–Kier alpha value is -1.88. The van der Waals surface area contributed by atoms with Gasteiger partial charge in [-0.1, -0.05) is 36.8 Å². The Kier molecular flexibility index (Phi) is 4.28. The van der Waals surface area contributed by atoms with Crippen LogP contribution in [-0.2, 0) is 15.0 Å². The first-order chi connectivity index (χ1) is 12.1. The number of amides is 2. The molecule has 5 heteroatoms. The minimum absolute atomic E-state index is 0.0959. The normalized spacial score (nSPS) is 32.0. The maximum Gasteiger partial charge on any atom is 0.233 e. The highest BCUT2D eigenvalue weighted by atomic mass is 16.2. The number of nitrogens with two attached hydrogens (primary N) is 1. The topological polar surface area (TPSA) is 75.4 Å². The maximum absolute atomic E-state index is 13.3. The van der Waals surface area contributed by atoms with Gasteiger partial charge in [0.05, 0.1) is 5.41 Å². The van der Waals surface area contributed by atoms with Gasteiger partial charge in [0.25, 0.3) is 0 Å². The summed E-state index contributed by atoms with van der Waals surface area (Å²) < 4.78 is 0. The molecule has 1 aromatic rings. The van der Waals surface area contributed by atoms with Gasteiger partial charge >= 0.3 is 0 Å². The third kappa shape index (κ3) is 2.95. The van der Waals surface area contributed by atoms with Crippen LogP contribution < -0.4 is 11.1 Å². The SMILES string of the molecule is NC1CC(C(=O)N2CCC(NC(=O)C3CCC3)C2)(c2ccccc2)C1. The predicted molar refractivity (Wildman–Crippen MR) is 95.8 cm³/mol. The van der Waals surface area contributed by atoms with E-state index in [2.05, 4.69) is 5.32 Å². The monoisotopic (exact) mass is 341 g/mol. The lowest BCUT2D eigenvalue weighted by atomic mass is 9.61. The van der Waals surface area contributed by atoms with E-state index in [1.165, 1.54) is 0 Å². The Morgan fingerprint density at radius 1 is 1.12 bits per heavy atom. The number of nitrogens with one attached hydrogen (secondary N) is 1. The number of carbonyl (C=O) groups excluding carboxylic acids is 2. The zero-order valence-corrected chi connectivity index (χ0v) is 14.6. The molecular weight excluding hydrogens is 314 g/mol. The van der Waals surface area contributed by atoms with Crippen LogP contribution in [0.4, 0.5) is 0 Å². The summed E-state index contributed by atoms with van der Waals surface area (Å²) >= 11 is 0. The molecule has 1 heterocycles. The second-order valence-electron chi connectivity index (χ2n) is 7.99. The molecular formula is C20H27N3O2. The van der Waals surface area contributed by atoms with Crippen LogP contribution in [-0.4, -0.2) is 41.9 Å². The van der Waals surface area contributed by atoms with Crippen LogP contribution in [0.25, 0.3) is 0 Å². The minimum atomic E-state index is -0.465. The van der Waals surface area contributed by atoms with Crippen molar-refractivity contribution in [3.8, 4) is 0 Å². The van der Waals surface area contributed by atoms with Crippen molar-refractivity contribution in [2.75, 3.05) is 13.1 Å². The first kappa shape index (κ1) is 16.6. The maximum atomic E-state index is 13.3. The van der Waals surface area contributed by atoms with Crippen LogP contribution in [0, 0.1) is 5.92 Å². The molecule has 1 aromatic carbocycles. The summed E-state index contributed by atoms with van der Waals surface area (Å²) in [5.74, 6) is 0.555. The lowest BCUT2D eigenvalue weighted by Gasteiger charge is -2.47. The second-order valence-corrected chi connectivity index (χ2v) is 7.99. The van der Waals surface area contributed by atoms with Crippen LogP contribution in [0.15, 0.2) is 30.3 Å². The van der Waals surface area contributed by atoms with Crippen LogP contribution in [0.3, 0.4) is 0 Å². The molecule has 4 rings (SSSR count). The fourth-order valence-corrected chi connectivity index (χ4v) is 4.48. The van der Waals surface area contributed by atoms with Crippen molar-refractivity contribution in [3.63, 3.8) is 0 Å². The van der Waals surface area contributed by atoms with E-state index < -0.39 is 5.41 Å². The highest BCUT2D eigenvalue weighted by Crippen LogP contribution is 2.45. The Morgan fingerprint density at radius 2 is 1.84 bits per heavy atom. The number of nitrogens with zero attached hydrogens (tertiary/aromatic N) is 1. The molecule has 5 nitrogen and oxygen atoms in total. The van der Waals surface area contributed by atoms with Crippen LogP contribution in [0.1, 0.15) is 44.1 Å². The average Bonchev–Trinajstić information content (AvgIpc) is 2.98. The number of likely N-dealkylation sites (tertiary alicyclic amines) is 1. The Morgan fingerprint density at radius 3 is 2.44 bits per heavy atom. The molecule has 1 unspecified atom stereocenters. The molecule has 2 aliphatic carbocycles. The van der Waals surface area contributed by atoms with Gasteiger partial charge in [0, 0.05) is 31.1 Å². The number of rotatable bonds is 4. The van der Waals surface area contributed by atoms with E-state index >= 15 is 0 Å². The highest BCUT2D eigenvalue weighted by molar-refractivity contribution is 5.90. The van der Waals surface area contributed by atoms with Crippen molar-refractivity contribution in [3.05, 3.63) is 35.9 Å². The van der Waals surface area contributed by atoms with E-state index in [1.54, 1.807) is 0 Å². The molecule has 0 spiro atoms. The zero-order chi connectivity index (χ0) is 17.4. The zero-order valence-electron chi connectivity index (χ0n) is 14.6. The number of benzene rings is 1. The van der Waals surface area contributed by atoms with Crippen molar-refractivity contribution in [1.82, 2.24) is 10.2 Å². The molecule has 0 bridgehead atoms. The minimum Gasteiger partial charge on any atom is -0.351 e. The molecule has 3 fully saturated rings. The number of carbonyl (C=O) groups is 2. The van der Waals surface area contributed by atoms with E-state index in [4.69, 9.17) is 5.73 Å². The molecule has 3 aliphatic rings. The fourth-order valence-electron chi connectivity index (χ4n) is 4.48. The van der Waals surface area contributed by atoms with Gasteiger partial charge in [-0.15, -0.1) is 0 Å². The third-order valence-corrected chi connectivity index (χ3v) is 6.25. The van der Waals surface area contributed by atoms with Gasteiger partial charge in [-0.3, -0.25) is 9.59 Å². The van der Waals surface area contributed by atoms with E-state index in [0.29, 0.717) is 19.4 Å². The summed E-state index contributed by atoms with van der Waals surface area (Å²) in [4.78, 5) is 27.4. The van der Waals surface area contributed by atoms with Gasteiger partial charge in [-0.05, 0) is 37.7 Å². The van der Waals surface area contributed by atoms with Crippen molar-refractivity contribution in [2.45, 2.75) is 56.0 Å². The van der Waals surface area contributed by atoms with Crippen molar-refractivity contribution in [1.29, 1.82) is 0 Å². The molecule has 1 aliphatic heterocycles. The van der Waals surface area contributed by atoms with Crippen molar-refractivity contribution in [2.24, 2.45) is 11.7 Å². The number of hydrogen-bond donors (Lipinski definition) is 2. The average molecular weight is 341 g/mol.